The predicted octanol–water partition coefficient (Wildman–Crippen LogP) is 21.7. The number of anilines is 3. The first kappa shape index (κ1) is 50.7. The van der Waals surface area contributed by atoms with Crippen molar-refractivity contribution in [2.45, 2.75) is 19.3 Å². The van der Waals surface area contributed by atoms with Crippen LogP contribution in [-0.4, -0.2) is 24.5 Å². The topological polar surface area (TPSA) is 59.7 Å². The lowest BCUT2D eigenvalue weighted by Gasteiger charge is -2.26. The van der Waals surface area contributed by atoms with Gasteiger partial charge in [0.05, 0.1) is 22.4 Å². The smallest absolute Gasteiger partial charge is 0.160 e. The summed E-state index contributed by atoms with van der Waals surface area (Å²) >= 11 is 0. The van der Waals surface area contributed by atoms with Gasteiger partial charge in [0.25, 0.3) is 0 Å². The summed E-state index contributed by atoms with van der Waals surface area (Å²) < 4.78 is 2.36. The van der Waals surface area contributed by atoms with Crippen LogP contribution in [0.5, 0.6) is 0 Å². The highest BCUT2D eigenvalue weighted by Gasteiger charge is 2.39. The molecule has 0 saturated heterocycles. The van der Waals surface area contributed by atoms with Gasteiger partial charge in [-0.3, -0.25) is 9.55 Å². The minimum absolute atomic E-state index is 0.364. The van der Waals surface area contributed by atoms with Gasteiger partial charge in [0.1, 0.15) is 5.82 Å². The zero-order chi connectivity index (χ0) is 58.9. The molecule has 0 unspecified atom stereocenters. The molecule has 0 bridgehead atoms. The lowest BCUT2D eigenvalue weighted by Crippen LogP contribution is -2.16. The van der Waals surface area contributed by atoms with Crippen molar-refractivity contribution in [3.8, 4) is 62.0 Å². The van der Waals surface area contributed by atoms with Gasteiger partial charge in [0, 0.05) is 68.5 Å². The van der Waals surface area contributed by atoms with Gasteiger partial charge in [-0.25, -0.2) is 15.0 Å². The Morgan fingerprint density at radius 2 is 0.843 bits per heavy atom. The van der Waals surface area contributed by atoms with Crippen LogP contribution in [0.25, 0.3) is 148 Å². The summed E-state index contributed by atoms with van der Waals surface area (Å²) in [6.07, 6.45) is 5.53. The fraction of sp³-hybridized carbons (Fsp3) is 0.0361. The van der Waals surface area contributed by atoms with Gasteiger partial charge >= 0.3 is 0 Å². The molecule has 17 aromatic rings. The predicted molar refractivity (Wildman–Crippen MR) is 371 cm³/mol. The first-order valence-electron chi connectivity index (χ1n) is 30.5. The Morgan fingerprint density at radius 3 is 1.53 bits per heavy atom. The largest absolute Gasteiger partial charge is 0.310 e. The van der Waals surface area contributed by atoms with Crippen LogP contribution in [0.1, 0.15) is 25.0 Å². The van der Waals surface area contributed by atoms with Crippen LogP contribution in [0.15, 0.2) is 292 Å². The van der Waals surface area contributed by atoms with Gasteiger partial charge in [-0.1, -0.05) is 196 Å². The van der Waals surface area contributed by atoms with Gasteiger partial charge in [-0.2, -0.15) is 0 Å². The van der Waals surface area contributed by atoms with Crippen LogP contribution in [0, 0.1) is 0 Å². The Balaban J connectivity index is 0.843. The lowest BCUT2D eigenvalue weighted by atomic mass is 9.78. The molecule has 6 nitrogen and oxygen atoms in total. The molecule has 0 N–H and O–H groups in total. The number of fused-ring (bicyclic) bond motifs is 19. The van der Waals surface area contributed by atoms with E-state index in [0.29, 0.717) is 5.82 Å². The molecule has 1 aliphatic rings. The summed E-state index contributed by atoms with van der Waals surface area (Å²) in [5, 5.41) is 17.5. The van der Waals surface area contributed by atoms with E-state index < -0.39 is 0 Å². The standard InChI is InChI=1S/C83H54N6/c1-83(2)74-49-78-73(48-71(74)69-36-35-68-64-29-13-11-27-62(64)63-28-15-16-31-67(63)80(68)81(69)83)72-45-54(32-37-77(72)89(78)79-46-55(40-43-85-79)82-86-75(51-18-5-3-6-19-51)50-76(87-82)52-38-41-84-42-39-52)53-20-17-23-57(44-53)88(56-21-7-4-8-22-56)58-33-34-66-61-26-10-9-24-59(61)60-25-12-14-30-65(60)70(66)47-58/h3-50H,1-2H3. The van der Waals surface area contributed by atoms with E-state index >= 15 is 0 Å². The average Bonchev–Trinajstić information content (AvgIpc) is 1.61. The molecule has 0 aliphatic heterocycles. The number of nitrogens with zero attached hydrogens (tertiary/aromatic N) is 6. The second-order valence-corrected chi connectivity index (χ2v) is 24.1. The van der Waals surface area contributed by atoms with Crippen LogP contribution in [0.3, 0.4) is 0 Å². The van der Waals surface area contributed by atoms with Crippen molar-refractivity contribution in [2.24, 2.45) is 0 Å². The van der Waals surface area contributed by atoms with Gasteiger partial charge in [0.2, 0.25) is 0 Å². The second kappa shape index (κ2) is 19.7. The summed E-state index contributed by atoms with van der Waals surface area (Å²) in [7, 11) is 0. The van der Waals surface area contributed by atoms with Gasteiger partial charge in [-0.05, 0) is 189 Å². The fourth-order valence-electron chi connectivity index (χ4n) is 14.8. The van der Waals surface area contributed by atoms with Crippen LogP contribution in [0.2, 0.25) is 0 Å². The number of rotatable bonds is 8. The molecular weight excluding hydrogens is 1080 g/mol. The van der Waals surface area contributed by atoms with Crippen LogP contribution >= 0.6 is 0 Å². The summed E-state index contributed by atoms with van der Waals surface area (Å²) in [6.45, 7) is 4.84. The molecule has 0 saturated carbocycles. The molecule has 0 spiro atoms. The summed E-state index contributed by atoms with van der Waals surface area (Å²) in [6, 6.07) is 99.5. The van der Waals surface area contributed by atoms with E-state index in [1.807, 2.05) is 42.9 Å². The van der Waals surface area contributed by atoms with E-state index in [1.165, 1.54) is 86.9 Å². The molecule has 13 aromatic carbocycles. The maximum absolute atomic E-state index is 5.27. The molecular formula is C83H54N6. The van der Waals surface area contributed by atoms with Gasteiger partial charge < -0.3 is 4.90 Å². The van der Waals surface area contributed by atoms with E-state index in [0.717, 1.165) is 83.9 Å². The molecule has 89 heavy (non-hydrogen) atoms. The molecule has 0 fully saturated rings. The van der Waals surface area contributed by atoms with Gasteiger partial charge in [-0.15, -0.1) is 0 Å². The molecule has 1 aliphatic carbocycles. The minimum atomic E-state index is -0.364. The number of pyridine rings is 2. The van der Waals surface area contributed by atoms with Gasteiger partial charge in [0.15, 0.2) is 5.82 Å². The summed E-state index contributed by atoms with van der Waals surface area (Å²) in [5.41, 5.74) is 16.9. The van der Waals surface area contributed by atoms with Crippen molar-refractivity contribution in [1.29, 1.82) is 0 Å². The molecule has 0 radical (unpaired) electrons. The van der Waals surface area contributed by atoms with Crippen LogP contribution in [-0.2, 0) is 5.41 Å². The highest BCUT2D eigenvalue weighted by atomic mass is 15.1. The number of aromatic nitrogens is 5. The first-order chi connectivity index (χ1) is 43.9. The van der Waals surface area contributed by atoms with Crippen LogP contribution in [0.4, 0.5) is 17.1 Å². The maximum Gasteiger partial charge on any atom is 0.160 e. The summed E-state index contributed by atoms with van der Waals surface area (Å²) in [4.78, 5) is 22.5. The SMILES string of the molecule is CC1(C)c2cc3c(cc2-c2ccc4c5ccccc5c5ccccc5c4c21)c1cc(-c2cccc(N(c4ccccc4)c4ccc5c6ccccc6c6ccccc6c5c4)c2)ccc1n3-c1cc(-c2nc(-c3ccccc3)cc(-c3ccncc3)n2)ccn1. The van der Waals surface area contributed by atoms with E-state index in [9.17, 15) is 0 Å². The molecule has 6 heteroatoms. The molecule has 4 aromatic heterocycles. The lowest BCUT2D eigenvalue weighted by molar-refractivity contribution is 0.667. The third kappa shape index (κ3) is 7.90. The monoisotopic (exact) mass is 1130 g/mol. The third-order valence-corrected chi connectivity index (χ3v) is 18.8. The van der Waals surface area contributed by atoms with Crippen molar-refractivity contribution < 1.29 is 0 Å². The Labute approximate surface area is 513 Å². The minimum Gasteiger partial charge on any atom is -0.310 e. The van der Waals surface area contributed by atoms with E-state index in [-0.39, 0.29) is 5.41 Å². The highest BCUT2D eigenvalue weighted by Crippen LogP contribution is 2.56. The maximum atomic E-state index is 5.27. The molecule has 18 rings (SSSR count). The van der Waals surface area contributed by atoms with E-state index in [4.69, 9.17) is 15.0 Å². The normalized spacial score (nSPS) is 12.7. The second-order valence-electron chi connectivity index (χ2n) is 24.1. The Morgan fingerprint density at radius 1 is 0.326 bits per heavy atom. The van der Waals surface area contributed by atoms with E-state index in [1.54, 1.807) is 0 Å². The Kier molecular flexibility index (Phi) is 11.2. The fourth-order valence-corrected chi connectivity index (χ4v) is 14.8. The zero-order valence-electron chi connectivity index (χ0n) is 48.9. The van der Waals surface area contributed by atoms with Crippen molar-refractivity contribution in [1.82, 2.24) is 24.5 Å². The molecule has 0 amide bonds. The Hall–Kier alpha value is -11.6. The average molecular weight is 1140 g/mol. The first-order valence-corrected chi connectivity index (χ1v) is 30.5. The Bertz CT molecular complexity index is 5650. The molecule has 0 atom stereocenters. The number of hydrogen-bond donors (Lipinski definition) is 0. The summed E-state index contributed by atoms with van der Waals surface area (Å²) in [5.74, 6) is 1.39. The highest BCUT2D eigenvalue weighted by molar-refractivity contribution is 6.28. The van der Waals surface area contributed by atoms with Crippen molar-refractivity contribution in [3.63, 3.8) is 0 Å². The zero-order valence-corrected chi connectivity index (χ0v) is 48.9. The van der Waals surface area contributed by atoms with Crippen molar-refractivity contribution in [3.05, 3.63) is 303 Å². The third-order valence-electron chi connectivity index (χ3n) is 18.8. The molecule has 4 heterocycles. The van der Waals surface area contributed by atoms with E-state index in [2.05, 4.69) is 277 Å². The number of benzene rings is 13. The van der Waals surface area contributed by atoms with Crippen molar-refractivity contribution >= 4 is 104 Å². The van der Waals surface area contributed by atoms with Crippen LogP contribution < -0.4 is 4.90 Å². The molecule has 416 valence electrons. The quantitative estimate of drug-likeness (QED) is 0.142. The number of para-hydroxylation sites is 1. The number of hydrogen-bond acceptors (Lipinski definition) is 5. The van der Waals surface area contributed by atoms with Crippen molar-refractivity contribution in [2.75, 3.05) is 4.90 Å².